The molecule has 0 aliphatic carbocycles. The number of rotatable bonds is 8. The number of aromatic nitrogens is 1. The van der Waals surface area contributed by atoms with Crippen LogP contribution in [0.3, 0.4) is 0 Å². The van der Waals surface area contributed by atoms with Crippen molar-refractivity contribution >= 4 is 29.3 Å². The normalized spacial score (nSPS) is 10.5. The molecule has 0 unspecified atom stereocenters. The van der Waals surface area contributed by atoms with E-state index in [0.717, 1.165) is 4.90 Å². The zero-order chi connectivity index (χ0) is 21.5. The summed E-state index contributed by atoms with van der Waals surface area (Å²) in [6.07, 6.45) is 1.83. The molecule has 0 atom stereocenters. The molecular formula is C23H23N3O3S. The number of benzene rings is 2. The van der Waals surface area contributed by atoms with E-state index in [4.69, 9.17) is 10.5 Å². The molecular weight excluding hydrogens is 398 g/mol. The van der Waals surface area contributed by atoms with Gasteiger partial charge >= 0.3 is 0 Å². The first-order valence-corrected chi connectivity index (χ1v) is 10.3. The molecule has 3 aromatic rings. The highest BCUT2D eigenvalue weighted by Crippen LogP contribution is 2.30. The number of hydrogen-bond acceptors (Lipinski definition) is 5. The fourth-order valence-electron chi connectivity index (χ4n) is 2.64. The van der Waals surface area contributed by atoms with Crippen molar-refractivity contribution < 1.29 is 14.3 Å². The van der Waals surface area contributed by atoms with E-state index >= 15 is 0 Å². The minimum atomic E-state index is -0.412. The molecule has 0 bridgehead atoms. The number of hydrogen-bond donors (Lipinski definition) is 2. The first kappa shape index (κ1) is 21.4. The molecule has 2 aromatic carbocycles. The number of carbonyl (C=O) groups excluding carboxylic acids is 2. The van der Waals surface area contributed by atoms with E-state index in [2.05, 4.69) is 36.3 Å². The number of ether oxygens (including phenoxy) is 1. The van der Waals surface area contributed by atoms with Crippen LogP contribution in [0.2, 0.25) is 0 Å². The Morgan fingerprint density at radius 1 is 1.07 bits per heavy atom. The molecule has 2 amide bonds. The molecule has 6 nitrogen and oxygen atoms in total. The maximum atomic E-state index is 12.8. The van der Waals surface area contributed by atoms with Gasteiger partial charge in [-0.2, -0.15) is 0 Å². The topological polar surface area (TPSA) is 94.3 Å². The second-order valence-electron chi connectivity index (χ2n) is 6.75. The quantitative estimate of drug-likeness (QED) is 0.564. The van der Waals surface area contributed by atoms with E-state index in [1.54, 1.807) is 42.6 Å². The van der Waals surface area contributed by atoms with Gasteiger partial charge in [-0.05, 0) is 73.5 Å². The van der Waals surface area contributed by atoms with Crippen molar-refractivity contribution in [3.05, 3.63) is 77.5 Å². The third kappa shape index (κ3) is 5.84. The highest BCUT2D eigenvalue weighted by molar-refractivity contribution is 7.99. The average Bonchev–Trinajstić information content (AvgIpc) is 2.72. The van der Waals surface area contributed by atoms with Gasteiger partial charge in [-0.15, -0.1) is 0 Å². The van der Waals surface area contributed by atoms with Crippen LogP contribution in [0, 0.1) is 13.8 Å². The van der Waals surface area contributed by atoms with E-state index < -0.39 is 5.91 Å². The van der Waals surface area contributed by atoms with Gasteiger partial charge in [0, 0.05) is 16.8 Å². The Hall–Kier alpha value is -3.32. The molecule has 0 radical (unpaired) electrons. The molecule has 0 saturated carbocycles. The molecule has 3 rings (SSSR count). The summed E-state index contributed by atoms with van der Waals surface area (Å²) in [5.74, 6) is -0.0525. The van der Waals surface area contributed by atoms with Crippen LogP contribution in [0.5, 0.6) is 5.75 Å². The van der Waals surface area contributed by atoms with Crippen molar-refractivity contribution in [3.63, 3.8) is 0 Å². The van der Waals surface area contributed by atoms with Gasteiger partial charge in [0.25, 0.3) is 5.91 Å². The second kappa shape index (κ2) is 9.93. The lowest BCUT2D eigenvalue weighted by molar-refractivity contribution is -0.118. The fourth-order valence-corrected chi connectivity index (χ4v) is 3.62. The maximum absolute atomic E-state index is 12.8. The zero-order valence-electron chi connectivity index (χ0n) is 16.8. The summed E-state index contributed by atoms with van der Waals surface area (Å²) in [6, 6.07) is 16.6. The van der Waals surface area contributed by atoms with Crippen molar-refractivity contribution in [2.75, 3.05) is 11.9 Å². The lowest BCUT2D eigenvalue weighted by Gasteiger charge is -2.11. The molecule has 0 fully saturated rings. The molecule has 30 heavy (non-hydrogen) atoms. The van der Waals surface area contributed by atoms with Gasteiger partial charge in [-0.1, -0.05) is 17.8 Å². The minimum Gasteiger partial charge on any atom is -0.493 e. The van der Waals surface area contributed by atoms with E-state index in [1.807, 2.05) is 6.07 Å². The Kier molecular flexibility index (Phi) is 7.08. The number of pyridine rings is 1. The van der Waals surface area contributed by atoms with Crippen LogP contribution in [0.25, 0.3) is 0 Å². The number of anilines is 1. The summed E-state index contributed by atoms with van der Waals surface area (Å²) in [7, 11) is 0. The van der Waals surface area contributed by atoms with Crippen LogP contribution < -0.4 is 15.8 Å². The van der Waals surface area contributed by atoms with Gasteiger partial charge in [0.05, 0.1) is 18.6 Å². The second-order valence-corrected chi connectivity index (χ2v) is 7.81. The Morgan fingerprint density at radius 3 is 2.53 bits per heavy atom. The molecule has 0 aliphatic rings. The number of primary amides is 1. The van der Waals surface area contributed by atoms with E-state index in [0.29, 0.717) is 22.0 Å². The van der Waals surface area contributed by atoms with Gasteiger partial charge in [0.1, 0.15) is 10.8 Å². The maximum Gasteiger partial charge on any atom is 0.258 e. The highest BCUT2D eigenvalue weighted by Gasteiger charge is 2.14. The average molecular weight is 422 g/mol. The van der Waals surface area contributed by atoms with Crippen LogP contribution in [0.15, 0.2) is 70.7 Å². The van der Waals surface area contributed by atoms with Crippen molar-refractivity contribution in [1.82, 2.24) is 4.98 Å². The van der Waals surface area contributed by atoms with Gasteiger partial charge in [0.15, 0.2) is 0 Å². The van der Waals surface area contributed by atoms with Crippen LogP contribution in [-0.2, 0) is 4.79 Å². The van der Waals surface area contributed by atoms with Crippen molar-refractivity contribution in [2.24, 2.45) is 5.73 Å². The lowest BCUT2D eigenvalue weighted by Crippen LogP contribution is -2.15. The summed E-state index contributed by atoms with van der Waals surface area (Å²) in [4.78, 5) is 29.0. The van der Waals surface area contributed by atoms with Gasteiger partial charge in [0.2, 0.25) is 5.91 Å². The SMILES string of the molecule is Cc1ccc(Sc2ncccc2C(=O)Nc2ccc(OCCC(N)=O)cc2)cc1C. The Balaban J connectivity index is 1.68. The van der Waals surface area contributed by atoms with Crippen LogP contribution in [-0.4, -0.2) is 23.4 Å². The Bertz CT molecular complexity index is 1050. The summed E-state index contributed by atoms with van der Waals surface area (Å²) in [5, 5.41) is 3.53. The van der Waals surface area contributed by atoms with Crippen molar-refractivity contribution in [2.45, 2.75) is 30.2 Å². The van der Waals surface area contributed by atoms with Crippen molar-refractivity contribution in [3.8, 4) is 5.75 Å². The molecule has 1 aromatic heterocycles. The largest absolute Gasteiger partial charge is 0.493 e. The first-order chi connectivity index (χ1) is 14.4. The fraction of sp³-hybridized carbons (Fsp3) is 0.174. The predicted molar refractivity (Wildman–Crippen MR) is 118 cm³/mol. The number of nitrogens with zero attached hydrogens (tertiary/aromatic N) is 1. The Morgan fingerprint density at radius 2 is 1.83 bits per heavy atom. The van der Waals surface area contributed by atoms with Crippen LogP contribution >= 0.6 is 11.8 Å². The summed E-state index contributed by atoms with van der Waals surface area (Å²) < 4.78 is 5.44. The standard InChI is InChI=1S/C23H23N3O3S/c1-15-5-10-19(14-16(15)2)30-23-20(4-3-12-25-23)22(28)26-17-6-8-18(9-7-17)29-13-11-21(24)27/h3-10,12,14H,11,13H2,1-2H3,(H2,24,27)(H,26,28). The monoisotopic (exact) mass is 421 g/mol. The van der Waals surface area contributed by atoms with E-state index in [9.17, 15) is 9.59 Å². The van der Waals surface area contributed by atoms with Gasteiger partial charge in [-0.3, -0.25) is 9.59 Å². The smallest absolute Gasteiger partial charge is 0.258 e. The molecule has 1 heterocycles. The molecule has 0 aliphatic heterocycles. The molecule has 154 valence electrons. The summed E-state index contributed by atoms with van der Waals surface area (Å²) in [5.41, 5.74) is 8.64. The van der Waals surface area contributed by atoms with Crippen LogP contribution in [0.4, 0.5) is 5.69 Å². The Labute approximate surface area is 179 Å². The lowest BCUT2D eigenvalue weighted by atomic mass is 10.1. The van der Waals surface area contributed by atoms with Gasteiger partial charge in [-0.25, -0.2) is 4.98 Å². The predicted octanol–water partition coefficient (Wildman–Crippen LogP) is 4.36. The zero-order valence-corrected chi connectivity index (χ0v) is 17.7. The van der Waals surface area contributed by atoms with Crippen LogP contribution in [0.1, 0.15) is 27.9 Å². The number of aryl methyl sites for hydroxylation is 2. The first-order valence-electron chi connectivity index (χ1n) is 9.45. The third-order valence-corrected chi connectivity index (χ3v) is 5.45. The molecule has 0 saturated heterocycles. The van der Waals surface area contributed by atoms with Gasteiger partial charge < -0.3 is 15.8 Å². The summed E-state index contributed by atoms with van der Waals surface area (Å²) >= 11 is 1.46. The number of amides is 2. The number of nitrogens with two attached hydrogens (primary N) is 1. The molecule has 3 N–H and O–H groups in total. The van der Waals surface area contributed by atoms with Crippen molar-refractivity contribution in [1.29, 1.82) is 0 Å². The van der Waals surface area contributed by atoms with E-state index in [-0.39, 0.29) is 18.9 Å². The van der Waals surface area contributed by atoms with E-state index in [1.165, 1.54) is 22.9 Å². The number of carbonyl (C=O) groups is 2. The molecule has 0 spiro atoms. The number of nitrogens with one attached hydrogen (secondary N) is 1. The minimum absolute atomic E-state index is 0.153. The molecule has 7 heteroatoms. The summed E-state index contributed by atoms with van der Waals surface area (Å²) in [6.45, 7) is 4.35. The highest BCUT2D eigenvalue weighted by atomic mass is 32.2. The third-order valence-electron chi connectivity index (χ3n) is 4.44.